The zero-order chi connectivity index (χ0) is 18.0. The summed E-state index contributed by atoms with van der Waals surface area (Å²) in [5.74, 6) is -1.80. The van der Waals surface area contributed by atoms with Gasteiger partial charge in [0.1, 0.15) is 16.4 Å². The fourth-order valence-electron chi connectivity index (χ4n) is 2.50. The molecule has 0 aliphatic rings. The first-order chi connectivity index (χ1) is 11.9. The maximum atomic E-state index is 12.9. The van der Waals surface area contributed by atoms with Gasteiger partial charge in [0.2, 0.25) is 9.84 Å². The van der Waals surface area contributed by atoms with E-state index in [0.29, 0.717) is 0 Å². The van der Waals surface area contributed by atoms with Crippen molar-refractivity contribution in [2.24, 2.45) is 0 Å². The molecule has 0 aliphatic carbocycles. The second kappa shape index (κ2) is 6.41. The van der Waals surface area contributed by atoms with Crippen molar-refractivity contribution in [1.29, 1.82) is 0 Å². The first-order valence-electron chi connectivity index (χ1n) is 7.37. The normalized spacial score (nSPS) is 11.2. The third-order valence-corrected chi connectivity index (χ3v) is 5.54. The van der Waals surface area contributed by atoms with Crippen LogP contribution in [0.3, 0.4) is 0 Å². The highest BCUT2D eigenvalue weighted by Crippen LogP contribution is 2.37. The largest absolute Gasteiger partial charge is 0.507 e. The molecule has 0 fully saturated rings. The minimum absolute atomic E-state index is 0.0852. The van der Waals surface area contributed by atoms with Crippen molar-refractivity contribution < 1.29 is 23.4 Å². The highest BCUT2D eigenvalue weighted by molar-refractivity contribution is 7.91. The Morgan fingerprint density at radius 1 is 0.720 bits per heavy atom. The summed E-state index contributed by atoms with van der Waals surface area (Å²) < 4.78 is 25.9. The fraction of sp³-hybridized carbons (Fsp3) is 0. The molecular weight excluding hydrogens is 340 g/mol. The van der Waals surface area contributed by atoms with Crippen molar-refractivity contribution in [1.82, 2.24) is 0 Å². The minimum atomic E-state index is -4.21. The maximum absolute atomic E-state index is 12.9. The van der Waals surface area contributed by atoms with Gasteiger partial charge in [-0.2, -0.15) is 0 Å². The van der Waals surface area contributed by atoms with Crippen LogP contribution >= 0.6 is 0 Å². The number of benzene rings is 3. The van der Waals surface area contributed by atoms with Gasteiger partial charge in [0.05, 0.1) is 10.5 Å². The first-order valence-corrected chi connectivity index (χ1v) is 8.86. The Bertz CT molecular complexity index is 1030. The molecule has 3 aromatic carbocycles. The highest BCUT2D eigenvalue weighted by atomic mass is 32.2. The van der Waals surface area contributed by atoms with Crippen LogP contribution in [-0.4, -0.2) is 24.4 Å². The molecule has 0 heterocycles. The van der Waals surface area contributed by atoms with Gasteiger partial charge >= 0.3 is 0 Å². The molecule has 0 spiro atoms. The molecule has 0 bridgehead atoms. The topological polar surface area (TPSA) is 91.7 Å². The summed E-state index contributed by atoms with van der Waals surface area (Å²) in [7, 11) is -4.21. The van der Waals surface area contributed by atoms with Gasteiger partial charge in [-0.15, -0.1) is 0 Å². The molecule has 3 rings (SSSR count). The van der Waals surface area contributed by atoms with Crippen LogP contribution in [0.2, 0.25) is 0 Å². The zero-order valence-electron chi connectivity index (χ0n) is 13.0. The molecule has 0 radical (unpaired) electrons. The smallest absolute Gasteiger partial charge is 0.211 e. The van der Waals surface area contributed by atoms with Gasteiger partial charge in [-0.1, -0.05) is 48.5 Å². The van der Waals surface area contributed by atoms with E-state index in [1.54, 1.807) is 24.3 Å². The molecule has 25 heavy (non-hydrogen) atoms. The zero-order valence-corrected chi connectivity index (χ0v) is 13.8. The number of phenolic OH excluding ortho intramolecular Hbond substituents is 2. The van der Waals surface area contributed by atoms with Crippen LogP contribution in [0.15, 0.2) is 82.6 Å². The van der Waals surface area contributed by atoms with Crippen LogP contribution in [0, 0.1) is 0 Å². The molecule has 0 unspecified atom stereocenters. The summed E-state index contributed by atoms with van der Waals surface area (Å²) in [6, 6.07) is 17.5. The van der Waals surface area contributed by atoms with Gasteiger partial charge in [0.15, 0.2) is 5.78 Å². The van der Waals surface area contributed by atoms with Gasteiger partial charge in [-0.05, 0) is 24.3 Å². The summed E-state index contributed by atoms with van der Waals surface area (Å²) in [6.07, 6.45) is 0. The second-order valence-electron chi connectivity index (χ2n) is 5.32. The number of hydrogen-bond acceptors (Lipinski definition) is 5. The lowest BCUT2D eigenvalue weighted by molar-refractivity contribution is 0.103. The van der Waals surface area contributed by atoms with E-state index in [4.69, 9.17) is 0 Å². The number of carbonyl (C=O) groups is 1. The summed E-state index contributed by atoms with van der Waals surface area (Å²) in [5.41, 5.74) is -0.247. The number of phenols is 2. The Hall–Kier alpha value is -3.12. The number of hydrogen-bond donors (Lipinski definition) is 2. The third kappa shape index (κ3) is 2.99. The molecule has 126 valence electrons. The molecule has 0 atom stereocenters. The Labute approximate surface area is 144 Å². The van der Waals surface area contributed by atoms with Crippen LogP contribution in [-0.2, 0) is 9.84 Å². The number of sulfone groups is 1. The predicted octanol–water partition coefficient (Wildman–Crippen LogP) is 3.16. The van der Waals surface area contributed by atoms with Crippen molar-refractivity contribution in [2.45, 2.75) is 9.79 Å². The SMILES string of the molecule is O=C(c1ccccc1)c1c(O)ccc(O)c1S(=O)(=O)c1ccccc1. The van der Waals surface area contributed by atoms with Gasteiger partial charge in [-0.25, -0.2) is 8.42 Å². The molecular formula is C19H14O5S. The Kier molecular flexibility index (Phi) is 4.29. The molecule has 0 saturated carbocycles. The van der Waals surface area contributed by atoms with Crippen molar-refractivity contribution in [2.75, 3.05) is 0 Å². The average molecular weight is 354 g/mol. The monoisotopic (exact) mass is 354 g/mol. The van der Waals surface area contributed by atoms with E-state index in [1.807, 2.05) is 0 Å². The van der Waals surface area contributed by atoms with Crippen molar-refractivity contribution in [3.63, 3.8) is 0 Å². The fourth-order valence-corrected chi connectivity index (χ4v) is 4.06. The number of ketones is 1. The molecule has 0 aromatic heterocycles. The molecule has 0 saturated heterocycles. The number of aromatic hydroxyl groups is 2. The van der Waals surface area contributed by atoms with E-state index >= 15 is 0 Å². The van der Waals surface area contributed by atoms with Crippen molar-refractivity contribution >= 4 is 15.6 Å². The quantitative estimate of drug-likeness (QED) is 0.555. The standard InChI is InChI=1S/C19H14O5S/c20-15-11-12-16(21)19(25(23,24)14-9-5-2-6-10-14)17(15)18(22)13-7-3-1-4-8-13/h1-12,20-21H. The molecule has 6 heteroatoms. The maximum Gasteiger partial charge on any atom is 0.211 e. The van der Waals surface area contributed by atoms with Crippen LogP contribution in [0.1, 0.15) is 15.9 Å². The van der Waals surface area contributed by atoms with E-state index in [9.17, 15) is 23.4 Å². The first kappa shape index (κ1) is 16.7. The second-order valence-corrected chi connectivity index (χ2v) is 7.21. The van der Waals surface area contributed by atoms with Gasteiger partial charge < -0.3 is 10.2 Å². The van der Waals surface area contributed by atoms with E-state index < -0.39 is 37.6 Å². The molecule has 2 N–H and O–H groups in total. The van der Waals surface area contributed by atoms with Crippen molar-refractivity contribution in [3.8, 4) is 11.5 Å². The number of carbonyl (C=O) groups excluding carboxylic acids is 1. The van der Waals surface area contributed by atoms with Gasteiger partial charge in [0, 0.05) is 5.56 Å². The van der Waals surface area contributed by atoms with E-state index in [1.165, 1.54) is 36.4 Å². The molecule has 0 amide bonds. The number of rotatable bonds is 4. The van der Waals surface area contributed by atoms with Crippen LogP contribution < -0.4 is 0 Å². The third-order valence-electron chi connectivity index (χ3n) is 3.70. The summed E-state index contributed by atoms with van der Waals surface area (Å²) in [5, 5.41) is 20.3. The van der Waals surface area contributed by atoms with E-state index in [0.717, 1.165) is 12.1 Å². The molecule has 0 aliphatic heterocycles. The Morgan fingerprint density at radius 2 is 1.24 bits per heavy atom. The van der Waals surface area contributed by atoms with Gasteiger partial charge in [-0.3, -0.25) is 4.79 Å². The predicted molar refractivity (Wildman–Crippen MR) is 91.5 cm³/mol. The lowest BCUT2D eigenvalue weighted by Crippen LogP contribution is -2.11. The summed E-state index contributed by atoms with van der Waals surface area (Å²) >= 11 is 0. The summed E-state index contributed by atoms with van der Waals surface area (Å²) in [4.78, 5) is 12.1. The molecule has 3 aromatic rings. The average Bonchev–Trinajstić information content (AvgIpc) is 2.64. The van der Waals surface area contributed by atoms with Crippen molar-refractivity contribution in [3.05, 3.63) is 83.9 Å². The highest BCUT2D eigenvalue weighted by Gasteiger charge is 2.31. The van der Waals surface area contributed by atoms with Gasteiger partial charge in [0.25, 0.3) is 0 Å². The van der Waals surface area contributed by atoms with Crippen LogP contribution in [0.4, 0.5) is 0 Å². The minimum Gasteiger partial charge on any atom is -0.507 e. The summed E-state index contributed by atoms with van der Waals surface area (Å²) in [6.45, 7) is 0. The molecule has 5 nitrogen and oxygen atoms in total. The Balaban J connectivity index is 2.29. The van der Waals surface area contributed by atoms with E-state index in [-0.39, 0.29) is 10.5 Å². The lowest BCUT2D eigenvalue weighted by atomic mass is 10.0. The van der Waals surface area contributed by atoms with E-state index in [2.05, 4.69) is 0 Å². The Morgan fingerprint density at radius 3 is 1.84 bits per heavy atom. The van der Waals surface area contributed by atoms with Crippen LogP contribution in [0.25, 0.3) is 0 Å². The van der Waals surface area contributed by atoms with Crippen LogP contribution in [0.5, 0.6) is 11.5 Å². The lowest BCUT2D eigenvalue weighted by Gasteiger charge is -2.13.